The fraction of sp³-hybridized carbons (Fsp3) is 0.467. The summed E-state index contributed by atoms with van der Waals surface area (Å²) in [7, 11) is 0. The molecule has 19 heavy (non-hydrogen) atoms. The zero-order chi connectivity index (χ0) is 14.3. The molecule has 0 heterocycles. The van der Waals surface area contributed by atoms with Gasteiger partial charge in [0.1, 0.15) is 0 Å². The fourth-order valence-corrected chi connectivity index (χ4v) is 2.07. The number of ether oxygens (including phenoxy) is 1. The molecule has 1 rings (SSSR count). The van der Waals surface area contributed by atoms with Gasteiger partial charge in [-0.1, -0.05) is 24.6 Å². The summed E-state index contributed by atoms with van der Waals surface area (Å²) < 4.78 is 4.88. The van der Waals surface area contributed by atoms with Crippen LogP contribution in [0.25, 0.3) is 0 Å². The zero-order valence-electron chi connectivity index (χ0n) is 11.3. The van der Waals surface area contributed by atoms with Gasteiger partial charge in [-0.15, -0.1) is 0 Å². The van der Waals surface area contributed by atoms with Gasteiger partial charge < -0.3 is 4.74 Å². The van der Waals surface area contributed by atoms with Crippen LogP contribution in [0.1, 0.15) is 54.9 Å². The van der Waals surface area contributed by atoms with Crippen LogP contribution >= 0.6 is 11.6 Å². The third-order valence-corrected chi connectivity index (χ3v) is 3.38. The lowest BCUT2D eigenvalue weighted by atomic mass is 9.94. The van der Waals surface area contributed by atoms with Gasteiger partial charge in [-0.05, 0) is 43.4 Å². The lowest BCUT2D eigenvalue weighted by Crippen LogP contribution is -2.04. The summed E-state index contributed by atoms with van der Waals surface area (Å²) in [6.45, 7) is 4.30. The van der Waals surface area contributed by atoms with Crippen LogP contribution in [-0.4, -0.2) is 18.9 Å². The topological polar surface area (TPSA) is 43.4 Å². The minimum Gasteiger partial charge on any atom is -0.466 e. The molecule has 0 aliphatic carbocycles. The third kappa shape index (κ3) is 5.03. The van der Waals surface area contributed by atoms with Gasteiger partial charge in [0.15, 0.2) is 6.29 Å². The van der Waals surface area contributed by atoms with E-state index in [-0.39, 0.29) is 11.9 Å². The highest BCUT2D eigenvalue weighted by Crippen LogP contribution is 2.25. The van der Waals surface area contributed by atoms with Crippen molar-refractivity contribution in [3.8, 4) is 0 Å². The van der Waals surface area contributed by atoms with E-state index in [0.29, 0.717) is 23.6 Å². The van der Waals surface area contributed by atoms with Crippen LogP contribution in [0.15, 0.2) is 18.2 Å². The molecule has 1 aromatic rings. The summed E-state index contributed by atoms with van der Waals surface area (Å²) in [5.41, 5.74) is 1.58. The second-order valence-corrected chi connectivity index (χ2v) is 4.90. The van der Waals surface area contributed by atoms with E-state index in [1.807, 2.05) is 12.1 Å². The lowest BCUT2D eigenvalue weighted by Gasteiger charge is -2.12. The summed E-state index contributed by atoms with van der Waals surface area (Å²) >= 11 is 5.89. The van der Waals surface area contributed by atoms with Crippen LogP contribution in [0.2, 0.25) is 5.02 Å². The van der Waals surface area contributed by atoms with E-state index in [0.717, 1.165) is 24.7 Å². The van der Waals surface area contributed by atoms with Gasteiger partial charge in [0.05, 0.1) is 11.6 Å². The highest BCUT2D eigenvalue weighted by molar-refractivity contribution is 6.32. The second-order valence-electron chi connectivity index (χ2n) is 4.50. The first-order valence-corrected chi connectivity index (χ1v) is 6.86. The summed E-state index contributed by atoms with van der Waals surface area (Å²) in [5.74, 6) is 0.129. The Kier molecular flexibility index (Phi) is 6.57. The first kappa shape index (κ1) is 15.7. The van der Waals surface area contributed by atoms with E-state index in [2.05, 4.69) is 6.92 Å². The summed E-state index contributed by atoms with van der Waals surface area (Å²) in [6.07, 6.45) is 2.85. The van der Waals surface area contributed by atoms with E-state index in [9.17, 15) is 9.59 Å². The van der Waals surface area contributed by atoms with Crippen LogP contribution in [0.5, 0.6) is 0 Å². The van der Waals surface area contributed by atoms with Crippen LogP contribution in [-0.2, 0) is 9.53 Å². The first-order valence-electron chi connectivity index (χ1n) is 6.48. The first-order chi connectivity index (χ1) is 9.08. The van der Waals surface area contributed by atoms with Crippen LogP contribution in [0.3, 0.4) is 0 Å². The highest BCUT2D eigenvalue weighted by Gasteiger charge is 2.10. The molecule has 0 bridgehead atoms. The summed E-state index contributed by atoms with van der Waals surface area (Å²) in [4.78, 5) is 22.1. The van der Waals surface area contributed by atoms with Gasteiger partial charge in [-0.2, -0.15) is 0 Å². The molecular formula is C15H19ClO3. The van der Waals surface area contributed by atoms with Gasteiger partial charge in [-0.3, -0.25) is 9.59 Å². The number of carbonyl (C=O) groups excluding carboxylic acids is 2. The molecule has 0 amide bonds. The van der Waals surface area contributed by atoms with E-state index >= 15 is 0 Å². The van der Waals surface area contributed by atoms with Gasteiger partial charge in [0.2, 0.25) is 0 Å². The molecule has 0 saturated carbocycles. The Hall–Kier alpha value is -1.35. The van der Waals surface area contributed by atoms with Crippen LogP contribution < -0.4 is 0 Å². The minimum absolute atomic E-state index is 0.153. The van der Waals surface area contributed by atoms with Crippen LogP contribution in [0, 0.1) is 0 Å². The number of benzene rings is 1. The Morgan fingerprint density at radius 3 is 2.84 bits per heavy atom. The van der Waals surface area contributed by atoms with E-state index in [1.165, 1.54) is 0 Å². The second kappa shape index (κ2) is 7.95. The SMILES string of the molecule is CCOC(=O)CCCC(C)c1ccc(Cl)c(C=O)c1. The largest absolute Gasteiger partial charge is 0.466 e. The van der Waals surface area contributed by atoms with E-state index in [1.54, 1.807) is 13.0 Å². The number of hydrogen-bond acceptors (Lipinski definition) is 3. The van der Waals surface area contributed by atoms with Crippen molar-refractivity contribution in [2.75, 3.05) is 6.61 Å². The number of rotatable bonds is 7. The van der Waals surface area contributed by atoms with Crippen molar-refractivity contribution in [1.82, 2.24) is 0 Å². The summed E-state index contributed by atoms with van der Waals surface area (Å²) in [5, 5.41) is 0.470. The predicted molar refractivity (Wildman–Crippen MR) is 75.7 cm³/mol. The quantitative estimate of drug-likeness (QED) is 0.561. The molecule has 0 saturated heterocycles. The van der Waals surface area contributed by atoms with Crippen molar-refractivity contribution < 1.29 is 14.3 Å². The van der Waals surface area contributed by atoms with Gasteiger partial charge >= 0.3 is 5.97 Å². The molecule has 1 aromatic carbocycles. The molecule has 0 aromatic heterocycles. The Morgan fingerprint density at radius 2 is 2.21 bits per heavy atom. The predicted octanol–water partition coefficient (Wildman–Crippen LogP) is 3.99. The maximum Gasteiger partial charge on any atom is 0.305 e. The molecule has 1 unspecified atom stereocenters. The third-order valence-electron chi connectivity index (χ3n) is 3.04. The van der Waals surface area contributed by atoms with Crippen molar-refractivity contribution in [3.63, 3.8) is 0 Å². The normalized spacial score (nSPS) is 11.9. The molecule has 0 N–H and O–H groups in total. The summed E-state index contributed by atoms with van der Waals surface area (Å²) in [6, 6.07) is 5.47. The monoisotopic (exact) mass is 282 g/mol. The Labute approximate surface area is 118 Å². The molecule has 0 radical (unpaired) electrons. The van der Waals surface area contributed by atoms with Crippen molar-refractivity contribution in [3.05, 3.63) is 34.3 Å². The number of aldehydes is 1. The minimum atomic E-state index is -0.153. The number of carbonyl (C=O) groups is 2. The maximum atomic E-state index is 11.2. The van der Waals surface area contributed by atoms with E-state index < -0.39 is 0 Å². The van der Waals surface area contributed by atoms with Crippen molar-refractivity contribution in [1.29, 1.82) is 0 Å². The van der Waals surface area contributed by atoms with Crippen molar-refractivity contribution in [2.45, 2.75) is 39.0 Å². The molecule has 0 fully saturated rings. The average Bonchev–Trinajstić information content (AvgIpc) is 2.39. The molecule has 3 nitrogen and oxygen atoms in total. The molecule has 0 spiro atoms. The Morgan fingerprint density at radius 1 is 1.47 bits per heavy atom. The average molecular weight is 283 g/mol. The number of halogens is 1. The molecule has 0 aliphatic heterocycles. The zero-order valence-corrected chi connectivity index (χ0v) is 12.1. The molecule has 0 aliphatic rings. The van der Waals surface area contributed by atoms with Gasteiger partial charge in [0.25, 0.3) is 0 Å². The number of esters is 1. The lowest BCUT2D eigenvalue weighted by molar-refractivity contribution is -0.143. The van der Waals surface area contributed by atoms with Crippen LogP contribution in [0.4, 0.5) is 0 Å². The fourth-order valence-electron chi connectivity index (χ4n) is 1.91. The number of hydrogen-bond donors (Lipinski definition) is 0. The highest BCUT2D eigenvalue weighted by atomic mass is 35.5. The van der Waals surface area contributed by atoms with E-state index in [4.69, 9.17) is 16.3 Å². The molecule has 1 atom stereocenters. The molecule has 104 valence electrons. The maximum absolute atomic E-state index is 11.2. The van der Waals surface area contributed by atoms with Gasteiger partial charge in [-0.25, -0.2) is 0 Å². The van der Waals surface area contributed by atoms with Gasteiger partial charge in [0, 0.05) is 12.0 Å². The Balaban J connectivity index is 2.51. The van der Waals surface area contributed by atoms with Crippen molar-refractivity contribution in [2.24, 2.45) is 0 Å². The smallest absolute Gasteiger partial charge is 0.305 e. The molecular weight excluding hydrogens is 264 g/mol. The van der Waals surface area contributed by atoms with Crippen molar-refractivity contribution >= 4 is 23.9 Å². The standard InChI is InChI=1S/C15H19ClO3/c1-3-19-15(18)6-4-5-11(2)12-7-8-14(16)13(9-12)10-17/h7-11H,3-6H2,1-2H3. The Bertz CT molecular complexity index is 443. The molecule has 4 heteroatoms.